The Balaban J connectivity index is 4.00. The van der Waals surface area contributed by atoms with Crippen molar-refractivity contribution in [2.75, 3.05) is 13.2 Å². The number of hydrogen-bond acceptors (Lipinski definition) is 6. The van der Waals surface area contributed by atoms with Crippen LogP contribution in [0.3, 0.4) is 0 Å². The van der Waals surface area contributed by atoms with E-state index in [9.17, 15) is 14.2 Å². The van der Waals surface area contributed by atoms with E-state index in [-0.39, 0.29) is 19.4 Å². The van der Waals surface area contributed by atoms with Crippen molar-refractivity contribution in [1.82, 2.24) is 0 Å². The highest BCUT2D eigenvalue weighted by Gasteiger charge is 2.22. The minimum Gasteiger partial charge on any atom is -0.462 e. The van der Waals surface area contributed by atoms with Gasteiger partial charge in [0, 0.05) is 12.8 Å². The van der Waals surface area contributed by atoms with E-state index in [1.807, 2.05) is 0 Å². The number of unbranched alkanes of at least 4 members (excludes halogenated alkanes) is 19. The van der Waals surface area contributed by atoms with Crippen molar-refractivity contribution in [2.45, 2.75) is 180 Å². The first-order valence-corrected chi connectivity index (χ1v) is 19.7. The number of esters is 2. The van der Waals surface area contributed by atoms with E-state index in [1.54, 1.807) is 0 Å². The van der Waals surface area contributed by atoms with Gasteiger partial charge in [0.1, 0.15) is 6.61 Å². The van der Waals surface area contributed by atoms with E-state index >= 15 is 0 Å². The molecular formula is C36H67O8P. The van der Waals surface area contributed by atoms with Gasteiger partial charge in [-0.15, -0.1) is 0 Å². The normalized spacial score (nSPS) is 12.7. The largest absolute Gasteiger partial charge is 0.469 e. The van der Waals surface area contributed by atoms with E-state index in [1.165, 1.54) is 83.5 Å². The van der Waals surface area contributed by atoms with Gasteiger partial charge < -0.3 is 19.3 Å². The highest BCUT2D eigenvalue weighted by molar-refractivity contribution is 7.46. The molecule has 9 heteroatoms. The summed E-state index contributed by atoms with van der Waals surface area (Å²) in [6.07, 6.45) is 34.7. The van der Waals surface area contributed by atoms with Crippen LogP contribution in [-0.2, 0) is 28.2 Å². The van der Waals surface area contributed by atoms with Gasteiger partial charge in [-0.25, -0.2) is 4.57 Å². The zero-order valence-electron chi connectivity index (χ0n) is 28.8. The number of carbonyl (C=O) groups excluding carboxylic acids is 2. The first-order chi connectivity index (χ1) is 21.8. The molecule has 264 valence electrons. The van der Waals surface area contributed by atoms with Gasteiger partial charge in [0.15, 0.2) is 6.10 Å². The first kappa shape index (κ1) is 43.5. The maximum Gasteiger partial charge on any atom is 0.469 e. The maximum atomic E-state index is 12.3. The number of hydrogen-bond donors (Lipinski definition) is 2. The average molecular weight is 659 g/mol. The molecular weight excluding hydrogens is 591 g/mol. The van der Waals surface area contributed by atoms with Crippen LogP contribution < -0.4 is 0 Å². The highest BCUT2D eigenvalue weighted by Crippen LogP contribution is 2.36. The van der Waals surface area contributed by atoms with E-state index < -0.39 is 32.5 Å². The van der Waals surface area contributed by atoms with E-state index in [2.05, 4.69) is 42.7 Å². The minimum atomic E-state index is -4.75. The number of carbonyl (C=O) groups is 2. The second-order valence-electron chi connectivity index (χ2n) is 12.2. The van der Waals surface area contributed by atoms with Gasteiger partial charge in [-0.2, -0.15) is 0 Å². The minimum absolute atomic E-state index is 0.198. The van der Waals surface area contributed by atoms with Crippen molar-refractivity contribution < 1.29 is 37.9 Å². The summed E-state index contributed by atoms with van der Waals surface area (Å²) in [4.78, 5) is 42.6. The molecule has 0 bridgehead atoms. The predicted molar refractivity (Wildman–Crippen MR) is 184 cm³/mol. The maximum absolute atomic E-state index is 12.3. The fourth-order valence-electron chi connectivity index (χ4n) is 4.99. The molecule has 0 radical (unpaired) electrons. The number of allylic oxidation sites excluding steroid dienone is 4. The van der Waals surface area contributed by atoms with Crippen molar-refractivity contribution in [1.29, 1.82) is 0 Å². The van der Waals surface area contributed by atoms with Crippen molar-refractivity contribution in [2.24, 2.45) is 0 Å². The second-order valence-corrected chi connectivity index (χ2v) is 13.4. The summed E-state index contributed by atoms with van der Waals surface area (Å²) in [5.74, 6) is -0.898. The Bertz CT molecular complexity index is 792. The van der Waals surface area contributed by atoms with Crippen LogP contribution in [-0.4, -0.2) is 41.0 Å². The summed E-state index contributed by atoms with van der Waals surface area (Å²) >= 11 is 0. The Morgan fingerprint density at radius 1 is 0.578 bits per heavy atom. The van der Waals surface area contributed by atoms with Crippen LogP contribution in [0.5, 0.6) is 0 Å². The monoisotopic (exact) mass is 658 g/mol. The zero-order valence-corrected chi connectivity index (χ0v) is 29.7. The van der Waals surface area contributed by atoms with Crippen LogP contribution in [0.2, 0.25) is 0 Å². The number of phosphoric ester groups is 1. The van der Waals surface area contributed by atoms with Crippen molar-refractivity contribution in [3.63, 3.8) is 0 Å². The average Bonchev–Trinajstić information content (AvgIpc) is 3.00. The third kappa shape index (κ3) is 35.2. The molecule has 0 aliphatic rings. The van der Waals surface area contributed by atoms with Crippen molar-refractivity contribution >= 4 is 19.8 Å². The summed E-state index contributed by atoms with van der Waals surface area (Å²) in [6, 6.07) is 0. The molecule has 0 unspecified atom stereocenters. The van der Waals surface area contributed by atoms with Gasteiger partial charge in [-0.3, -0.25) is 14.1 Å². The molecule has 0 fully saturated rings. The number of phosphoric acid groups is 1. The predicted octanol–water partition coefficient (Wildman–Crippen LogP) is 10.5. The topological polar surface area (TPSA) is 119 Å². The molecule has 0 aliphatic heterocycles. The Labute approximate surface area is 275 Å². The zero-order chi connectivity index (χ0) is 33.3. The summed E-state index contributed by atoms with van der Waals surface area (Å²) in [5.41, 5.74) is 0. The lowest BCUT2D eigenvalue weighted by Crippen LogP contribution is -2.29. The highest BCUT2D eigenvalue weighted by atomic mass is 31.2. The van der Waals surface area contributed by atoms with Gasteiger partial charge in [0.25, 0.3) is 0 Å². The van der Waals surface area contributed by atoms with Gasteiger partial charge >= 0.3 is 19.8 Å². The molecule has 0 rings (SSSR count). The molecule has 1 atom stereocenters. The fourth-order valence-corrected chi connectivity index (χ4v) is 5.35. The number of ether oxygens (including phenoxy) is 2. The summed E-state index contributed by atoms with van der Waals surface area (Å²) in [5, 5.41) is 0. The van der Waals surface area contributed by atoms with Gasteiger partial charge in [-0.1, -0.05) is 141 Å². The number of rotatable bonds is 33. The van der Waals surface area contributed by atoms with Crippen LogP contribution >= 0.6 is 7.82 Å². The SMILES string of the molecule is CCCCC/C=C\C/C=C\CCCCCCCC(=O)O[C@H](COC(=O)CCCCCCCCCCCCCC)COP(=O)(O)O. The third-order valence-electron chi connectivity index (χ3n) is 7.72. The lowest BCUT2D eigenvalue weighted by Gasteiger charge is -2.18. The fraction of sp³-hybridized carbons (Fsp3) is 0.833. The molecule has 0 aliphatic carbocycles. The third-order valence-corrected chi connectivity index (χ3v) is 8.21. The van der Waals surface area contributed by atoms with Crippen molar-refractivity contribution in [3.8, 4) is 0 Å². The Morgan fingerprint density at radius 3 is 1.51 bits per heavy atom. The smallest absolute Gasteiger partial charge is 0.462 e. The molecule has 0 amide bonds. The van der Waals surface area contributed by atoms with Gasteiger partial charge in [0.05, 0.1) is 6.61 Å². The standard InChI is InChI=1S/C36H67O8P/c1-3-5-7-9-11-13-15-17-18-19-21-23-25-27-29-31-36(38)44-34(33-43-45(39,40)41)32-42-35(37)30-28-26-24-22-20-16-14-12-10-8-6-4-2/h11,13,17-18,34H,3-10,12,14-16,19-33H2,1-2H3,(H2,39,40,41)/b13-11-,18-17-/t34-/m1/s1. The molecule has 2 N–H and O–H groups in total. The van der Waals surface area contributed by atoms with Crippen LogP contribution in [0, 0.1) is 0 Å². The first-order valence-electron chi connectivity index (χ1n) is 18.1. The second kappa shape index (κ2) is 32.5. The Kier molecular flexibility index (Phi) is 31.4. The van der Waals surface area contributed by atoms with Gasteiger partial charge in [-0.05, 0) is 44.9 Å². The van der Waals surface area contributed by atoms with E-state index in [0.717, 1.165) is 57.8 Å². The molecule has 0 aromatic carbocycles. The Hall–Kier alpha value is -1.47. The van der Waals surface area contributed by atoms with Crippen LogP contribution in [0.25, 0.3) is 0 Å². The lowest BCUT2D eigenvalue weighted by molar-refractivity contribution is -0.161. The van der Waals surface area contributed by atoms with E-state index in [4.69, 9.17) is 19.3 Å². The van der Waals surface area contributed by atoms with Crippen molar-refractivity contribution in [3.05, 3.63) is 24.3 Å². The van der Waals surface area contributed by atoms with E-state index in [0.29, 0.717) is 6.42 Å². The van der Waals surface area contributed by atoms with Gasteiger partial charge in [0.2, 0.25) is 0 Å². The molecule has 0 heterocycles. The van der Waals surface area contributed by atoms with Crippen LogP contribution in [0.4, 0.5) is 0 Å². The quantitative estimate of drug-likeness (QED) is 0.0309. The summed E-state index contributed by atoms with van der Waals surface area (Å²) in [6.45, 7) is 3.63. The molecule has 45 heavy (non-hydrogen) atoms. The van der Waals surface area contributed by atoms with Crippen LogP contribution in [0.1, 0.15) is 174 Å². The molecule has 0 aromatic rings. The lowest BCUT2D eigenvalue weighted by atomic mass is 10.0. The molecule has 0 spiro atoms. The van der Waals surface area contributed by atoms with Crippen LogP contribution in [0.15, 0.2) is 24.3 Å². The Morgan fingerprint density at radius 2 is 1.00 bits per heavy atom. The summed E-state index contributed by atoms with van der Waals surface area (Å²) < 4.78 is 26.2. The summed E-state index contributed by atoms with van der Waals surface area (Å²) in [7, 11) is -4.75. The molecule has 0 saturated carbocycles. The molecule has 0 aromatic heterocycles. The molecule has 0 saturated heterocycles. The molecule has 8 nitrogen and oxygen atoms in total.